The first kappa shape index (κ1) is 14.6. The molecule has 0 fully saturated rings. The summed E-state index contributed by atoms with van der Waals surface area (Å²) in [5.74, 6) is -0.525. The van der Waals surface area contributed by atoms with Crippen molar-refractivity contribution in [3.05, 3.63) is 35.9 Å². The maximum atomic E-state index is 11.7. The highest BCUT2D eigenvalue weighted by Crippen LogP contribution is 2.03. The van der Waals surface area contributed by atoms with Crippen molar-refractivity contribution in [1.29, 1.82) is 0 Å². The summed E-state index contributed by atoms with van der Waals surface area (Å²) in [6, 6.07) is 8.47. The number of carbonyl (C=O) groups excluding carboxylic acids is 1. The van der Waals surface area contributed by atoms with E-state index in [0.717, 1.165) is 5.56 Å². The van der Waals surface area contributed by atoms with Gasteiger partial charge in [-0.2, -0.15) is 11.8 Å². The van der Waals surface area contributed by atoms with Crippen molar-refractivity contribution in [3.63, 3.8) is 0 Å². The van der Waals surface area contributed by atoms with Gasteiger partial charge in [0.05, 0.1) is 6.42 Å². The molecule has 5 heteroatoms. The van der Waals surface area contributed by atoms with Gasteiger partial charge in [0, 0.05) is 0 Å². The minimum atomic E-state index is -0.981. The Bertz CT molecular complexity index is 394. The third-order valence-electron chi connectivity index (χ3n) is 2.45. The lowest BCUT2D eigenvalue weighted by atomic mass is 10.1. The van der Waals surface area contributed by atoms with Crippen molar-refractivity contribution in [1.82, 2.24) is 5.32 Å². The Kier molecular flexibility index (Phi) is 6.28. The van der Waals surface area contributed by atoms with Gasteiger partial charge in [0.25, 0.3) is 0 Å². The zero-order valence-electron chi connectivity index (χ0n) is 10.3. The standard InChI is InChI=1S/C13H17NO3S/c1-18-8-7-11(13(16)17)14-12(15)9-10-5-3-2-4-6-10/h2-6,11H,7-9H2,1H3,(H,14,15)(H,16,17)/t11-/m0/s1. The Morgan fingerprint density at radius 2 is 2.00 bits per heavy atom. The summed E-state index contributed by atoms with van der Waals surface area (Å²) >= 11 is 1.56. The number of hydrogen-bond acceptors (Lipinski definition) is 3. The summed E-state index contributed by atoms with van der Waals surface area (Å²) in [6.07, 6.45) is 2.56. The topological polar surface area (TPSA) is 66.4 Å². The number of nitrogens with one attached hydrogen (secondary N) is 1. The van der Waals surface area contributed by atoms with E-state index in [2.05, 4.69) is 5.32 Å². The van der Waals surface area contributed by atoms with Crippen LogP contribution in [0.15, 0.2) is 30.3 Å². The molecule has 0 heterocycles. The molecule has 4 nitrogen and oxygen atoms in total. The molecule has 98 valence electrons. The fourth-order valence-electron chi connectivity index (χ4n) is 1.52. The van der Waals surface area contributed by atoms with E-state index in [0.29, 0.717) is 12.2 Å². The number of amides is 1. The quantitative estimate of drug-likeness (QED) is 0.786. The van der Waals surface area contributed by atoms with Gasteiger partial charge >= 0.3 is 5.97 Å². The number of benzene rings is 1. The first-order valence-corrected chi connectivity index (χ1v) is 7.08. The molecule has 0 unspecified atom stereocenters. The molecule has 0 saturated carbocycles. The largest absolute Gasteiger partial charge is 0.480 e. The zero-order chi connectivity index (χ0) is 13.4. The summed E-state index contributed by atoms with van der Waals surface area (Å²) in [5, 5.41) is 11.5. The molecule has 0 aliphatic heterocycles. The van der Waals surface area contributed by atoms with Crippen LogP contribution >= 0.6 is 11.8 Å². The van der Waals surface area contributed by atoms with Gasteiger partial charge in [-0.05, 0) is 24.0 Å². The minimum Gasteiger partial charge on any atom is -0.480 e. The number of carboxylic acid groups (broad SMARTS) is 1. The molecule has 0 aliphatic carbocycles. The van der Waals surface area contributed by atoms with Crippen LogP contribution < -0.4 is 5.32 Å². The Labute approximate surface area is 111 Å². The Hall–Kier alpha value is -1.49. The fraction of sp³-hybridized carbons (Fsp3) is 0.385. The lowest BCUT2D eigenvalue weighted by molar-refractivity contribution is -0.141. The highest BCUT2D eigenvalue weighted by molar-refractivity contribution is 7.98. The third kappa shape index (κ3) is 5.23. The van der Waals surface area contributed by atoms with Crippen molar-refractivity contribution in [3.8, 4) is 0 Å². The summed E-state index contributed by atoms with van der Waals surface area (Å²) in [7, 11) is 0. The van der Waals surface area contributed by atoms with Crippen LogP contribution in [0.4, 0.5) is 0 Å². The average molecular weight is 267 g/mol. The second-order valence-corrected chi connectivity index (χ2v) is 4.89. The molecule has 0 aromatic heterocycles. The molecule has 0 bridgehead atoms. The summed E-state index contributed by atoms with van der Waals surface area (Å²) in [4.78, 5) is 22.7. The van der Waals surface area contributed by atoms with E-state index < -0.39 is 12.0 Å². The van der Waals surface area contributed by atoms with Gasteiger partial charge < -0.3 is 10.4 Å². The van der Waals surface area contributed by atoms with Crippen molar-refractivity contribution >= 4 is 23.6 Å². The molecule has 18 heavy (non-hydrogen) atoms. The second kappa shape index (κ2) is 7.76. The summed E-state index contributed by atoms with van der Waals surface area (Å²) < 4.78 is 0. The first-order valence-electron chi connectivity index (χ1n) is 5.68. The number of aliphatic carboxylic acids is 1. The van der Waals surface area contributed by atoms with Crippen LogP contribution in [-0.2, 0) is 16.0 Å². The number of rotatable bonds is 7. The minimum absolute atomic E-state index is 0.212. The Balaban J connectivity index is 2.48. The maximum Gasteiger partial charge on any atom is 0.326 e. The number of hydrogen-bond donors (Lipinski definition) is 2. The molecule has 1 aromatic rings. The number of carbonyl (C=O) groups is 2. The molecule has 0 radical (unpaired) electrons. The summed E-state index contributed by atoms with van der Waals surface area (Å²) in [5.41, 5.74) is 0.879. The summed E-state index contributed by atoms with van der Waals surface area (Å²) in [6.45, 7) is 0. The smallest absolute Gasteiger partial charge is 0.326 e. The van der Waals surface area contributed by atoms with Crippen LogP contribution in [0, 0.1) is 0 Å². The van der Waals surface area contributed by atoms with E-state index in [9.17, 15) is 9.59 Å². The Morgan fingerprint density at radius 3 is 2.56 bits per heavy atom. The van der Waals surface area contributed by atoms with E-state index >= 15 is 0 Å². The molecule has 1 atom stereocenters. The first-order chi connectivity index (χ1) is 8.63. The molecule has 1 aromatic carbocycles. The SMILES string of the molecule is CSCC[C@H](NC(=O)Cc1ccccc1)C(=O)O. The lowest BCUT2D eigenvalue weighted by Crippen LogP contribution is -2.41. The molecular formula is C13H17NO3S. The lowest BCUT2D eigenvalue weighted by Gasteiger charge is -2.13. The zero-order valence-corrected chi connectivity index (χ0v) is 11.1. The number of thioether (sulfide) groups is 1. The maximum absolute atomic E-state index is 11.7. The third-order valence-corrected chi connectivity index (χ3v) is 3.10. The van der Waals surface area contributed by atoms with E-state index in [1.807, 2.05) is 36.6 Å². The van der Waals surface area contributed by atoms with Gasteiger partial charge in [0.1, 0.15) is 6.04 Å². The van der Waals surface area contributed by atoms with Crippen LogP contribution in [0.2, 0.25) is 0 Å². The van der Waals surface area contributed by atoms with Crippen molar-refractivity contribution in [2.45, 2.75) is 18.9 Å². The van der Waals surface area contributed by atoms with E-state index in [1.165, 1.54) is 0 Å². The van der Waals surface area contributed by atoms with Crippen LogP contribution in [0.25, 0.3) is 0 Å². The second-order valence-electron chi connectivity index (χ2n) is 3.90. The predicted octanol–water partition coefficient (Wildman–Crippen LogP) is 1.55. The molecule has 1 amide bonds. The molecular weight excluding hydrogens is 250 g/mol. The Morgan fingerprint density at radius 1 is 1.33 bits per heavy atom. The van der Waals surface area contributed by atoms with Crippen LogP contribution in [-0.4, -0.2) is 35.0 Å². The molecule has 1 rings (SSSR count). The highest BCUT2D eigenvalue weighted by Gasteiger charge is 2.19. The van der Waals surface area contributed by atoms with Gasteiger partial charge in [0.15, 0.2) is 0 Å². The van der Waals surface area contributed by atoms with E-state index in [-0.39, 0.29) is 12.3 Å². The van der Waals surface area contributed by atoms with Crippen molar-refractivity contribution in [2.24, 2.45) is 0 Å². The molecule has 2 N–H and O–H groups in total. The van der Waals surface area contributed by atoms with Gasteiger partial charge in [-0.15, -0.1) is 0 Å². The highest BCUT2D eigenvalue weighted by atomic mass is 32.2. The van der Waals surface area contributed by atoms with Gasteiger partial charge in [-0.3, -0.25) is 4.79 Å². The monoisotopic (exact) mass is 267 g/mol. The molecule has 0 saturated heterocycles. The van der Waals surface area contributed by atoms with Gasteiger partial charge in [-0.1, -0.05) is 30.3 Å². The van der Waals surface area contributed by atoms with Crippen molar-refractivity contribution in [2.75, 3.05) is 12.0 Å². The van der Waals surface area contributed by atoms with Gasteiger partial charge in [-0.25, -0.2) is 4.79 Å². The van der Waals surface area contributed by atoms with Crippen molar-refractivity contribution < 1.29 is 14.7 Å². The van der Waals surface area contributed by atoms with E-state index in [1.54, 1.807) is 11.8 Å². The molecule has 0 aliphatic rings. The van der Waals surface area contributed by atoms with E-state index in [4.69, 9.17) is 5.11 Å². The van der Waals surface area contributed by atoms with Crippen LogP contribution in [0.1, 0.15) is 12.0 Å². The number of carboxylic acids is 1. The molecule has 0 spiro atoms. The van der Waals surface area contributed by atoms with Crippen LogP contribution in [0.5, 0.6) is 0 Å². The van der Waals surface area contributed by atoms with Crippen LogP contribution in [0.3, 0.4) is 0 Å². The normalized spacial score (nSPS) is 11.8. The van der Waals surface area contributed by atoms with Gasteiger partial charge in [0.2, 0.25) is 5.91 Å². The average Bonchev–Trinajstić information content (AvgIpc) is 2.35. The predicted molar refractivity (Wildman–Crippen MR) is 72.7 cm³/mol. The fourth-order valence-corrected chi connectivity index (χ4v) is 1.99.